The summed E-state index contributed by atoms with van der Waals surface area (Å²) in [6.45, 7) is 2.89. The lowest BCUT2D eigenvalue weighted by molar-refractivity contribution is 0.145. The van der Waals surface area contributed by atoms with Crippen molar-refractivity contribution in [2.75, 3.05) is 44.4 Å². The fraction of sp³-hybridized carbons (Fsp3) is 0.692. The normalized spacial score (nSPS) is 16.6. The van der Waals surface area contributed by atoms with Crippen molar-refractivity contribution in [1.82, 2.24) is 14.7 Å². The molecule has 0 aromatic carbocycles. The number of aliphatic hydroxyl groups excluding tert-OH is 1. The van der Waals surface area contributed by atoms with E-state index in [4.69, 9.17) is 5.73 Å². The highest BCUT2D eigenvalue weighted by molar-refractivity contribution is 5.65. The summed E-state index contributed by atoms with van der Waals surface area (Å²) in [7, 11) is 3.97. The summed E-state index contributed by atoms with van der Waals surface area (Å²) >= 11 is 0. The predicted octanol–water partition coefficient (Wildman–Crippen LogP) is -0.140. The summed E-state index contributed by atoms with van der Waals surface area (Å²) in [6.07, 6.45) is 1.16. The van der Waals surface area contributed by atoms with Crippen LogP contribution in [0.5, 0.6) is 0 Å². The molecule has 0 bridgehead atoms. The van der Waals surface area contributed by atoms with E-state index >= 15 is 0 Å². The van der Waals surface area contributed by atoms with Crippen LogP contribution in [0.3, 0.4) is 0 Å². The number of likely N-dealkylation sites (N-methyl/N-ethyl adjacent to an activating group) is 1. The Balaban J connectivity index is 2.20. The molecule has 1 fully saturated rings. The zero-order valence-electron chi connectivity index (χ0n) is 12.1. The lowest BCUT2D eigenvalue weighted by Crippen LogP contribution is -2.36. The zero-order valence-corrected chi connectivity index (χ0v) is 12.1. The van der Waals surface area contributed by atoms with Gasteiger partial charge in [0.25, 0.3) is 0 Å². The molecule has 110 valence electrons. The number of piperidine rings is 1. The van der Waals surface area contributed by atoms with E-state index in [-0.39, 0.29) is 6.10 Å². The quantitative estimate of drug-likeness (QED) is 0.796. The van der Waals surface area contributed by atoms with Crippen LogP contribution < -0.4 is 10.6 Å². The number of nitrogen functional groups attached to an aromatic ring is 1. The molecule has 1 aromatic heterocycles. The second-order valence-electron chi connectivity index (χ2n) is 5.44. The Morgan fingerprint density at radius 3 is 2.65 bits per heavy atom. The van der Waals surface area contributed by atoms with Crippen molar-refractivity contribution in [3.8, 4) is 6.07 Å². The van der Waals surface area contributed by atoms with Crippen molar-refractivity contribution in [3.63, 3.8) is 0 Å². The third-order valence-electron chi connectivity index (χ3n) is 3.61. The number of rotatable bonds is 4. The molecule has 3 N–H and O–H groups in total. The smallest absolute Gasteiger partial charge is 0.170 e. The van der Waals surface area contributed by atoms with E-state index in [0.717, 1.165) is 6.54 Å². The summed E-state index contributed by atoms with van der Waals surface area (Å²) in [5.74, 6) is 1.08. The molecule has 1 aliphatic heterocycles. The van der Waals surface area contributed by atoms with Gasteiger partial charge in [-0.1, -0.05) is 0 Å². The minimum Gasteiger partial charge on any atom is -0.393 e. The summed E-state index contributed by atoms with van der Waals surface area (Å²) in [5, 5.41) is 23.3. The zero-order chi connectivity index (χ0) is 14.7. The summed E-state index contributed by atoms with van der Waals surface area (Å²) in [5.41, 5.74) is 6.46. The van der Waals surface area contributed by atoms with Crippen molar-refractivity contribution in [3.05, 3.63) is 5.56 Å². The average molecular weight is 278 g/mol. The van der Waals surface area contributed by atoms with Crippen molar-refractivity contribution < 1.29 is 5.11 Å². The first-order chi connectivity index (χ1) is 9.52. The maximum Gasteiger partial charge on any atom is 0.170 e. The molecule has 0 saturated carbocycles. The van der Waals surface area contributed by atoms with Crippen LogP contribution in [-0.2, 0) is 6.54 Å². The van der Waals surface area contributed by atoms with Crippen molar-refractivity contribution >= 4 is 11.6 Å². The fourth-order valence-electron chi connectivity index (χ4n) is 2.33. The molecule has 0 spiro atoms. The Morgan fingerprint density at radius 1 is 1.45 bits per heavy atom. The van der Waals surface area contributed by atoms with Crippen LogP contribution in [-0.4, -0.2) is 59.6 Å². The van der Waals surface area contributed by atoms with Crippen molar-refractivity contribution in [2.45, 2.75) is 25.5 Å². The van der Waals surface area contributed by atoms with Crippen molar-refractivity contribution in [2.24, 2.45) is 0 Å². The number of anilines is 2. The highest BCUT2D eigenvalue weighted by Gasteiger charge is 2.24. The van der Waals surface area contributed by atoms with Gasteiger partial charge >= 0.3 is 0 Å². The second-order valence-corrected chi connectivity index (χ2v) is 5.44. The first kappa shape index (κ1) is 14.6. The van der Waals surface area contributed by atoms with Crippen molar-refractivity contribution in [1.29, 1.82) is 5.26 Å². The minimum atomic E-state index is -0.245. The molecule has 0 radical (unpaired) electrons. The number of hydrogen-bond donors (Lipinski definition) is 2. The van der Waals surface area contributed by atoms with Crippen LogP contribution in [0.4, 0.5) is 11.6 Å². The first-order valence-electron chi connectivity index (χ1n) is 6.87. The number of nitrogens with two attached hydrogens (primary N) is 1. The Bertz CT molecular complexity index is 496. The maximum atomic E-state index is 9.56. The second kappa shape index (κ2) is 6.11. The van der Waals surface area contributed by atoms with E-state index < -0.39 is 0 Å². The third kappa shape index (κ3) is 3.03. The molecule has 20 heavy (non-hydrogen) atoms. The monoisotopic (exact) mass is 278 g/mol. The predicted molar refractivity (Wildman–Crippen MR) is 77.4 cm³/mol. The molecule has 2 heterocycles. The first-order valence-corrected chi connectivity index (χ1v) is 6.87. The molecule has 7 heteroatoms. The van der Waals surface area contributed by atoms with Crippen LogP contribution in [0.2, 0.25) is 0 Å². The summed E-state index contributed by atoms with van der Waals surface area (Å²) in [4.78, 5) is 4.08. The van der Waals surface area contributed by atoms with Crippen LogP contribution in [0.1, 0.15) is 18.4 Å². The van der Waals surface area contributed by atoms with E-state index in [9.17, 15) is 10.4 Å². The number of aliphatic hydroxyl groups is 1. The molecular weight excluding hydrogens is 256 g/mol. The summed E-state index contributed by atoms with van der Waals surface area (Å²) < 4.78 is 1.69. The molecule has 0 atom stereocenters. The Hall–Kier alpha value is -1.78. The molecule has 1 saturated heterocycles. The molecule has 0 aliphatic carbocycles. The Kier molecular flexibility index (Phi) is 4.47. The van der Waals surface area contributed by atoms with Gasteiger partial charge in [-0.3, -0.25) is 0 Å². The minimum absolute atomic E-state index is 0.245. The Labute approximate surface area is 119 Å². The van der Waals surface area contributed by atoms with Gasteiger partial charge in [-0.2, -0.15) is 10.4 Å². The SMILES string of the molecule is CN(C)CCn1nc(N2CCC(O)CC2)c(C#N)c1N. The van der Waals surface area contributed by atoms with Gasteiger partial charge in [0.1, 0.15) is 17.5 Å². The lowest BCUT2D eigenvalue weighted by Gasteiger charge is -2.29. The molecule has 7 nitrogen and oxygen atoms in total. The van der Waals surface area contributed by atoms with E-state index in [0.29, 0.717) is 49.7 Å². The van der Waals surface area contributed by atoms with Crippen LogP contribution in [0.25, 0.3) is 0 Å². The standard InChI is InChI=1S/C13H22N6O/c1-17(2)7-8-19-12(15)11(9-14)13(16-19)18-5-3-10(20)4-6-18/h10,20H,3-8,15H2,1-2H3. The van der Waals surface area contributed by atoms with Crippen LogP contribution >= 0.6 is 0 Å². The molecule has 0 unspecified atom stereocenters. The summed E-state index contributed by atoms with van der Waals surface area (Å²) in [6, 6.07) is 2.15. The van der Waals surface area contributed by atoms with E-state index in [1.54, 1.807) is 4.68 Å². The van der Waals surface area contributed by atoms with Gasteiger partial charge in [0.2, 0.25) is 0 Å². The highest BCUT2D eigenvalue weighted by atomic mass is 16.3. The van der Waals surface area contributed by atoms with E-state index in [2.05, 4.69) is 11.2 Å². The number of hydrogen-bond acceptors (Lipinski definition) is 6. The topological polar surface area (TPSA) is 94.3 Å². The number of aromatic nitrogens is 2. The van der Waals surface area contributed by atoms with Gasteiger partial charge in [-0.15, -0.1) is 0 Å². The van der Waals surface area contributed by atoms with Gasteiger partial charge in [0, 0.05) is 19.6 Å². The van der Waals surface area contributed by atoms with Crippen LogP contribution in [0, 0.1) is 11.3 Å². The van der Waals surface area contributed by atoms with Crippen LogP contribution in [0.15, 0.2) is 0 Å². The molecule has 2 rings (SSSR count). The molecule has 0 amide bonds. The van der Waals surface area contributed by atoms with E-state index in [1.165, 1.54) is 0 Å². The molecular formula is C13H22N6O. The van der Waals surface area contributed by atoms with Gasteiger partial charge in [0.05, 0.1) is 12.6 Å². The van der Waals surface area contributed by atoms with Gasteiger partial charge in [0.15, 0.2) is 5.82 Å². The maximum absolute atomic E-state index is 9.56. The third-order valence-corrected chi connectivity index (χ3v) is 3.61. The highest BCUT2D eigenvalue weighted by Crippen LogP contribution is 2.26. The lowest BCUT2D eigenvalue weighted by atomic mass is 10.1. The number of nitriles is 1. The largest absolute Gasteiger partial charge is 0.393 e. The number of nitrogens with zero attached hydrogens (tertiary/aromatic N) is 5. The van der Waals surface area contributed by atoms with Gasteiger partial charge in [-0.25, -0.2) is 4.68 Å². The van der Waals surface area contributed by atoms with E-state index in [1.807, 2.05) is 23.9 Å². The van der Waals surface area contributed by atoms with Gasteiger partial charge < -0.3 is 20.6 Å². The Morgan fingerprint density at radius 2 is 2.10 bits per heavy atom. The molecule has 1 aromatic rings. The molecule has 1 aliphatic rings. The van der Waals surface area contributed by atoms with Gasteiger partial charge in [-0.05, 0) is 26.9 Å². The fourth-order valence-corrected chi connectivity index (χ4v) is 2.33. The average Bonchev–Trinajstić information content (AvgIpc) is 2.73.